The first kappa shape index (κ1) is 14.5. The van der Waals surface area contributed by atoms with Gasteiger partial charge in [-0.05, 0) is 39.7 Å². The highest BCUT2D eigenvalue weighted by molar-refractivity contribution is 5.78. The van der Waals surface area contributed by atoms with Crippen LogP contribution in [0, 0.1) is 5.92 Å². The van der Waals surface area contributed by atoms with Crippen LogP contribution in [0.5, 0.6) is 0 Å². The molecule has 1 fully saturated rings. The highest BCUT2D eigenvalue weighted by Crippen LogP contribution is 2.23. The molecule has 0 aliphatic heterocycles. The number of hydrogen-bond acceptors (Lipinski definition) is 3. The molecule has 2 unspecified atom stereocenters. The maximum atomic E-state index is 11.4. The average Bonchev–Trinajstić information content (AvgIpc) is 2.99. The fourth-order valence-corrected chi connectivity index (χ4v) is 2.00. The summed E-state index contributed by atoms with van der Waals surface area (Å²) in [7, 11) is 2.00. The molecule has 2 N–H and O–H groups in total. The topological polar surface area (TPSA) is 52.6 Å². The zero-order valence-corrected chi connectivity index (χ0v) is 11.7. The molecule has 1 aliphatic carbocycles. The molecule has 0 aromatic heterocycles. The second-order valence-corrected chi connectivity index (χ2v) is 5.96. The van der Waals surface area contributed by atoms with Crippen molar-refractivity contribution in [2.24, 2.45) is 5.92 Å². The highest BCUT2D eigenvalue weighted by atomic mass is 16.4. The second-order valence-electron chi connectivity index (χ2n) is 5.96. The van der Waals surface area contributed by atoms with Crippen molar-refractivity contribution >= 4 is 5.97 Å². The van der Waals surface area contributed by atoms with Crippen LogP contribution in [0.4, 0.5) is 0 Å². The van der Waals surface area contributed by atoms with E-state index in [0.29, 0.717) is 24.5 Å². The lowest BCUT2D eigenvalue weighted by atomic mass is 9.98. The van der Waals surface area contributed by atoms with Gasteiger partial charge in [-0.15, -0.1) is 0 Å². The van der Waals surface area contributed by atoms with Crippen LogP contribution in [0.25, 0.3) is 0 Å². The number of rotatable bonds is 7. The van der Waals surface area contributed by atoms with Crippen molar-refractivity contribution in [3.8, 4) is 0 Å². The number of aliphatic carboxylic acids is 1. The van der Waals surface area contributed by atoms with Crippen LogP contribution >= 0.6 is 0 Å². The van der Waals surface area contributed by atoms with Crippen LogP contribution < -0.4 is 5.32 Å². The molecular weight excluding hydrogens is 216 g/mol. The smallest absolute Gasteiger partial charge is 0.324 e. The van der Waals surface area contributed by atoms with Gasteiger partial charge in [0.05, 0.1) is 0 Å². The highest BCUT2D eigenvalue weighted by Gasteiger charge is 2.40. The van der Waals surface area contributed by atoms with E-state index in [1.807, 2.05) is 7.05 Å². The molecule has 17 heavy (non-hydrogen) atoms. The lowest BCUT2D eigenvalue weighted by molar-refractivity contribution is -0.145. The van der Waals surface area contributed by atoms with Gasteiger partial charge in [-0.25, -0.2) is 0 Å². The third-order valence-electron chi connectivity index (χ3n) is 3.80. The van der Waals surface area contributed by atoms with Crippen molar-refractivity contribution in [1.29, 1.82) is 0 Å². The fraction of sp³-hybridized carbons (Fsp3) is 0.923. The minimum Gasteiger partial charge on any atom is -0.480 e. The molecule has 1 rings (SSSR count). The zero-order chi connectivity index (χ0) is 13.2. The number of carbonyl (C=O) groups is 1. The number of nitrogens with zero attached hydrogens (tertiary/aromatic N) is 1. The molecule has 0 aromatic carbocycles. The fourth-order valence-electron chi connectivity index (χ4n) is 2.00. The number of carboxylic acid groups (broad SMARTS) is 1. The second kappa shape index (κ2) is 5.36. The minimum atomic E-state index is -0.834. The van der Waals surface area contributed by atoms with Crippen LogP contribution in [0.2, 0.25) is 0 Å². The Hall–Kier alpha value is -0.610. The SMILES string of the molecule is CC(C)C(C)N(C)CC(C)(NC1CC1)C(=O)O. The number of likely N-dealkylation sites (N-methyl/N-ethyl adjacent to an activating group) is 1. The largest absolute Gasteiger partial charge is 0.480 e. The molecule has 1 saturated carbocycles. The number of hydrogen-bond donors (Lipinski definition) is 2. The van der Waals surface area contributed by atoms with Gasteiger partial charge in [0.2, 0.25) is 0 Å². The summed E-state index contributed by atoms with van der Waals surface area (Å²) in [6.07, 6.45) is 2.21. The van der Waals surface area contributed by atoms with Crippen LogP contribution in [0.1, 0.15) is 40.5 Å². The molecule has 0 radical (unpaired) electrons. The van der Waals surface area contributed by atoms with Crippen molar-refractivity contribution in [2.75, 3.05) is 13.6 Å². The van der Waals surface area contributed by atoms with Gasteiger partial charge in [0, 0.05) is 18.6 Å². The van der Waals surface area contributed by atoms with Gasteiger partial charge in [-0.2, -0.15) is 0 Å². The summed E-state index contributed by atoms with van der Waals surface area (Å²) in [4.78, 5) is 13.6. The standard InChI is InChI=1S/C13H26N2O2/c1-9(2)10(3)15(5)8-13(4,12(16)17)14-11-6-7-11/h9-11,14H,6-8H2,1-5H3,(H,16,17). The summed E-state index contributed by atoms with van der Waals surface area (Å²) in [5.41, 5.74) is -0.834. The number of carboxylic acids is 1. The average molecular weight is 242 g/mol. The molecule has 100 valence electrons. The Morgan fingerprint density at radius 3 is 2.35 bits per heavy atom. The van der Waals surface area contributed by atoms with E-state index in [0.717, 1.165) is 12.8 Å². The van der Waals surface area contributed by atoms with Crippen LogP contribution in [0.15, 0.2) is 0 Å². The van der Waals surface area contributed by atoms with Crippen LogP contribution in [-0.2, 0) is 4.79 Å². The predicted octanol–water partition coefficient (Wildman–Crippen LogP) is 1.56. The van der Waals surface area contributed by atoms with E-state index < -0.39 is 11.5 Å². The molecule has 0 spiro atoms. The summed E-state index contributed by atoms with van der Waals surface area (Å²) in [6, 6.07) is 0.786. The third kappa shape index (κ3) is 3.96. The summed E-state index contributed by atoms with van der Waals surface area (Å²) in [5.74, 6) is -0.230. The van der Waals surface area contributed by atoms with Gasteiger partial charge in [-0.3, -0.25) is 10.1 Å². The molecule has 4 nitrogen and oxygen atoms in total. The van der Waals surface area contributed by atoms with E-state index >= 15 is 0 Å². The Bertz CT molecular complexity index is 277. The molecule has 0 heterocycles. The van der Waals surface area contributed by atoms with Crippen LogP contribution in [-0.4, -0.2) is 47.2 Å². The van der Waals surface area contributed by atoms with E-state index in [4.69, 9.17) is 0 Å². The predicted molar refractivity (Wildman–Crippen MR) is 69.1 cm³/mol. The molecule has 2 atom stereocenters. The third-order valence-corrected chi connectivity index (χ3v) is 3.80. The lowest BCUT2D eigenvalue weighted by Gasteiger charge is -2.35. The molecular formula is C13H26N2O2. The number of nitrogens with one attached hydrogen (secondary N) is 1. The Morgan fingerprint density at radius 1 is 1.47 bits per heavy atom. The maximum absolute atomic E-state index is 11.4. The van der Waals surface area contributed by atoms with Crippen molar-refractivity contribution < 1.29 is 9.90 Å². The first-order valence-corrected chi connectivity index (χ1v) is 6.47. The Morgan fingerprint density at radius 2 is 2.00 bits per heavy atom. The van der Waals surface area contributed by atoms with Gasteiger partial charge >= 0.3 is 5.97 Å². The summed E-state index contributed by atoms with van der Waals surface area (Å²) >= 11 is 0. The van der Waals surface area contributed by atoms with Gasteiger partial charge < -0.3 is 10.0 Å². The first-order valence-electron chi connectivity index (χ1n) is 6.47. The van der Waals surface area contributed by atoms with E-state index in [-0.39, 0.29) is 0 Å². The molecule has 1 aliphatic rings. The first-order chi connectivity index (χ1) is 7.76. The zero-order valence-electron chi connectivity index (χ0n) is 11.7. The Balaban J connectivity index is 2.61. The quantitative estimate of drug-likeness (QED) is 0.711. The maximum Gasteiger partial charge on any atom is 0.324 e. The van der Waals surface area contributed by atoms with E-state index in [9.17, 15) is 9.90 Å². The van der Waals surface area contributed by atoms with Crippen molar-refractivity contribution in [1.82, 2.24) is 10.2 Å². The Labute approximate surface area is 104 Å². The molecule has 4 heteroatoms. The summed E-state index contributed by atoms with van der Waals surface area (Å²) < 4.78 is 0. The van der Waals surface area contributed by atoms with Crippen molar-refractivity contribution in [3.63, 3.8) is 0 Å². The van der Waals surface area contributed by atoms with Gasteiger partial charge in [-0.1, -0.05) is 13.8 Å². The van der Waals surface area contributed by atoms with E-state index in [1.165, 1.54) is 0 Å². The van der Waals surface area contributed by atoms with Gasteiger partial charge in [0.15, 0.2) is 0 Å². The summed E-state index contributed by atoms with van der Waals surface area (Å²) in [5, 5.41) is 12.6. The summed E-state index contributed by atoms with van der Waals surface area (Å²) in [6.45, 7) is 8.79. The van der Waals surface area contributed by atoms with E-state index in [1.54, 1.807) is 6.92 Å². The molecule has 0 bridgehead atoms. The molecule has 0 aromatic rings. The Kier molecular flexibility index (Phi) is 4.55. The van der Waals surface area contributed by atoms with Crippen LogP contribution in [0.3, 0.4) is 0 Å². The van der Waals surface area contributed by atoms with E-state index in [2.05, 4.69) is 31.0 Å². The van der Waals surface area contributed by atoms with Crippen molar-refractivity contribution in [2.45, 2.75) is 58.2 Å². The lowest BCUT2D eigenvalue weighted by Crippen LogP contribution is -2.58. The normalized spacial score (nSPS) is 21.6. The van der Waals surface area contributed by atoms with Gasteiger partial charge in [0.25, 0.3) is 0 Å². The molecule has 0 amide bonds. The van der Waals surface area contributed by atoms with Gasteiger partial charge in [0.1, 0.15) is 5.54 Å². The minimum absolute atomic E-state index is 0.384. The van der Waals surface area contributed by atoms with Crippen molar-refractivity contribution in [3.05, 3.63) is 0 Å². The monoisotopic (exact) mass is 242 g/mol. The molecule has 0 saturated heterocycles.